The van der Waals surface area contributed by atoms with Gasteiger partial charge in [-0.1, -0.05) is 32.4 Å². The first kappa shape index (κ1) is 25.0. The van der Waals surface area contributed by atoms with Crippen LogP contribution in [0.15, 0.2) is 11.6 Å². The molecule has 2 aliphatic carbocycles. The molecule has 0 aromatic carbocycles. The fourth-order valence-corrected chi connectivity index (χ4v) is 4.88. The minimum Gasteiger partial charge on any atom is -0.461 e. The van der Waals surface area contributed by atoms with Crippen molar-refractivity contribution in [2.24, 2.45) is 28.6 Å². The van der Waals surface area contributed by atoms with E-state index in [2.05, 4.69) is 0 Å². The largest absolute Gasteiger partial charge is 0.461 e. The molecule has 2 saturated carbocycles. The maximum Gasteiger partial charge on any atom is 0.426 e. The monoisotopic (exact) mass is 444 g/mol. The van der Waals surface area contributed by atoms with E-state index in [-0.39, 0.29) is 12.8 Å². The van der Waals surface area contributed by atoms with E-state index < -0.39 is 65.0 Å². The molecule has 0 aliphatic heterocycles. The van der Waals surface area contributed by atoms with Gasteiger partial charge in [-0.3, -0.25) is 4.79 Å². The number of ether oxygens (including phenoxy) is 1. The molecular formula is C21H30F6O3. The lowest BCUT2D eigenvalue weighted by Gasteiger charge is -2.42. The van der Waals surface area contributed by atoms with Crippen molar-refractivity contribution in [2.45, 2.75) is 84.9 Å². The normalized spacial score (nSPS) is 29.5. The summed E-state index contributed by atoms with van der Waals surface area (Å²) in [5, 5.41) is 9.74. The first-order valence-corrected chi connectivity index (χ1v) is 9.98. The Bertz CT molecular complexity index is 685. The predicted octanol–water partition coefficient (Wildman–Crippen LogP) is 5.82. The maximum atomic E-state index is 13.2. The van der Waals surface area contributed by atoms with Gasteiger partial charge in [-0.05, 0) is 57.3 Å². The Morgan fingerprint density at radius 2 is 1.40 bits per heavy atom. The zero-order valence-corrected chi connectivity index (χ0v) is 18.0. The molecule has 2 aliphatic rings. The molecule has 5 atom stereocenters. The van der Waals surface area contributed by atoms with Crippen LogP contribution < -0.4 is 0 Å². The molecule has 0 heterocycles. The highest BCUT2D eigenvalue weighted by atomic mass is 19.4. The second-order valence-electron chi connectivity index (χ2n) is 10.2. The third kappa shape index (κ3) is 3.98. The SMILES string of the molecule is CC(C)=CC(C)(C(=O)OC1CC2CC1CC2C(O)(C(F)(F)F)C(F)(F)F)C(C)(C)C. The summed E-state index contributed by atoms with van der Waals surface area (Å²) < 4.78 is 85.0. The Morgan fingerprint density at radius 3 is 1.73 bits per heavy atom. The molecule has 2 rings (SSSR count). The highest BCUT2D eigenvalue weighted by Gasteiger charge is 2.76. The fraction of sp³-hybridized carbons (Fsp3) is 0.857. The quantitative estimate of drug-likeness (QED) is 0.338. The number of alkyl halides is 6. The van der Waals surface area contributed by atoms with Crippen LogP contribution in [-0.2, 0) is 9.53 Å². The summed E-state index contributed by atoms with van der Waals surface area (Å²) in [4.78, 5) is 13.0. The minimum absolute atomic E-state index is 0.0615. The lowest BCUT2D eigenvalue weighted by molar-refractivity contribution is -0.389. The number of hydrogen-bond donors (Lipinski definition) is 1. The zero-order chi connectivity index (χ0) is 23.5. The van der Waals surface area contributed by atoms with Gasteiger partial charge in [0.1, 0.15) is 6.10 Å². The summed E-state index contributed by atoms with van der Waals surface area (Å²) in [6.07, 6.45) is -11.2. The highest BCUT2D eigenvalue weighted by molar-refractivity contribution is 5.80. The molecule has 0 radical (unpaired) electrons. The van der Waals surface area contributed by atoms with E-state index in [1.165, 1.54) is 0 Å². The van der Waals surface area contributed by atoms with Crippen LogP contribution in [0.4, 0.5) is 26.3 Å². The third-order valence-electron chi connectivity index (χ3n) is 7.01. The van der Waals surface area contributed by atoms with Crippen molar-refractivity contribution in [3.8, 4) is 0 Å². The van der Waals surface area contributed by atoms with Gasteiger partial charge in [-0.15, -0.1) is 0 Å². The number of allylic oxidation sites excluding steroid dienone is 1. The van der Waals surface area contributed by atoms with Crippen molar-refractivity contribution in [1.29, 1.82) is 0 Å². The Balaban J connectivity index is 2.22. The third-order valence-corrected chi connectivity index (χ3v) is 7.01. The summed E-state index contributed by atoms with van der Waals surface area (Å²) in [5.74, 6) is -4.21. The van der Waals surface area contributed by atoms with Crippen molar-refractivity contribution >= 4 is 5.97 Å². The van der Waals surface area contributed by atoms with Crippen molar-refractivity contribution in [3.63, 3.8) is 0 Å². The number of hydrogen-bond acceptors (Lipinski definition) is 3. The van der Waals surface area contributed by atoms with Crippen LogP contribution in [-0.4, -0.2) is 35.1 Å². The number of carbonyl (C=O) groups excluding carboxylic acids is 1. The van der Waals surface area contributed by atoms with Gasteiger partial charge in [0.25, 0.3) is 5.60 Å². The van der Waals surface area contributed by atoms with Crippen molar-refractivity contribution in [1.82, 2.24) is 0 Å². The summed E-state index contributed by atoms with van der Waals surface area (Å²) in [5.41, 5.74) is -5.39. The second-order valence-corrected chi connectivity index (χ2v) is 10.2. The van der Waals surface area contributed by atoms with Gasteiger partial charge in [0.05, 0.1) is 5.41 Å². The van der Waals surface area contributed by atoms with Crippen LogP contribution in [0.2, 0.25) is 0 Å². The maximum absolute atomic E-state index is 13.2. The van der Waals surface area contributed by atoms with Gasteiger partial charge in [0, 0.05) is 5.92 Å². The number of fused-ring (bicyclic) bond motifs is 2. The van der Waals surface area contributed by atoms with E-state index in [1.54, 1.807) is 13.0 Å². The van der Waals surface area contributed by atoms with E-state index in [0.717, 1.165) is 5.57 Å². The van der Waals surface area contributed by atoms with E-state index >= 15 is 0 Å². The van der Waals surface area contributed by atoms with Gasteiger partial charge in [0.2, 0.25) is 0 Å². The molecular weight excluding hydrogens is 414 g/mol. The standard InChI is InChI=1S/C21H30F6O3/c1-11(2)10-18(6,17(3,4)5)16(28)30-15-9-12-7-13(15)8-14(12)19(29,20(22,23)24)21(25,26)27/h10,12-15,29H,7-9H2,1-6H3. The number of esters is 1. The van der Waals surface area contributed by atoms with Crippen molar-refractivity contribution in [2.75, 3.05) is 0 Å². The lowest BCUT2D eigenvalue weighted by atomic mass is 9.67. The first-order chi connectivity index (χ1) is 13.3. The highest BCUT2D eigenvalue weighted by Crippen LogP contribution is 2.60. The molecule has 2 fully saturated rings. The average Bonchev–Trinajstić information content (AvgIpc) is 3.09. The van der Waals surface area contributed by atoms with Crippen LogP contribution in [0.5, 0.6) is 0 Å². The molecule has 0 amide bonds. The van der Waals surface area contributed by atoms with Crippen LogP contribution in [0, 0.1) is 28.6 Å². The van der Waals surface area contributed by atoms with Crippen LogP contribution >= 0.6 is 0 Å². The molecule has 0 aromatic rings. The topological polar surface area (TPSA) is 46.5 Å². The van der Waals surface area contributed by atoms with E-state index in [9.17, 15) is 36.2 Å². The molecule has 1 N–H and O–H groups in total. The molecule has 0 spiro atoms. The zero-order valence-electron chi connectivity index (χ0n) is 18.0. The van der Waals surface area contributed by atoms with Crippen LogP contribution in [0.3, 0.4) is 0 Å². The molecule has 30 heavy (non-hydrogen) atoms. The van der Waals surface area contributed by atoms with E-state index in [1.807, 2.05) is 34.6 Å². The lowest BCUT2D eigenvalue weighted by Crippen LogP contribution is -2.63. The Labute approximate surface area is 172 Å². The second kappa shape index (κ2) is 7.41. The van der Waals surface area contributed by atoms with Crippen molar-refractivity contribution in [3.05, 3.63) is 11.6 Å². The Kier molecular flexibility index (Phi) is 6.18. The Hall–Kier alpha value is -1.25. The van der Waals surface area contributed by atoms with Crippen LogP contribution in [0.1, 0.15) is 60.8 Å². The van der Waals surface area contributed by atoms with Crippen molar-refractivity contribution < 1.29 is 41.0 Å². The summed E-state index contributed by atoms with van der Waals surface area (Å²) in [7, 11) is 0. The smallest absolute Gasteiger partial charge is 0.426 e. The van der Waals surface area contributed by atoms with Gasteiger partial charge in [-0.25, -0.2) is 0 Å². The molecule has 3 nitrogen and oxygen atoms in total. The van der Waals surface area contributed by atoms with E-state index in [0.29, 0.717) is 0 Å². The average molecular weight is 444 g/mol. The summed E-state index contributed by atoms with van der Waals surface area (Å²) in [6, 6.07) is 0. The fourth-order valence-electron chi connectivity index (χ4n) is 4.88. The molecule has 0 aromatic heterocycles. The minimum atomic E-state index is -5.83. The van der Waals surface area contributed by atoms with E-state index in [4.69, 9.17) is 4.74 Å². The molecule has 174 valence electrons. The van der Waals surface area contributed by atoms with Gasteiger partial charge >= 0.3 is 18.3 Å². The molecule has 5 unspecified atom stereocenters. The first-order valence-electron chi connectivity index (χ1n) is 9.98. The predicted molar refractivity (Wildman–Crippen MR) is 98.3 cm³/mol. The molecule has 9 heteroatoms. The molecule has 2 bridgehead atoms. The number of halogens is 6. The Morgan fingerprint density at radius 1 is 0.900 bits per heavy atom. The van der Waals surface area contributed by atoms with Gasteiger partial charge in [-0.2, -0.15) is 26.3 Å². The number of aliphatic hydroxyl groups is 1. The van der Waals surface area contributed by atoms with Gasteiger partial charge < -0.3 is 9.84 Å². The summed E-state index contributed by atoms with van der Waals surface area (Å²) in [6.45, 7) is 10.9. The van der Waals surface area contributed by atoms with Gasteiger partial charge in [0.15, 0.2) is 0 Å². The molecule has 0 saturated heterocycles. The summed E-state index contributed by atoms with van der Waals surface area (Å²) >= 11 is 0. The van der Waals surface area contributed by atoms with Crippen LogP contribution in [0.25, 0.3) is 0 Å². The number of carbonyl (C=O) groups is 1. The number of rotatable bonds is 4.